The van der Waals surface area contributed by atoms with E-state index < -0.39 is 0 Å². The molecule has 18 heavy (non-hydrogen) atoms. The number of hydrogen-bond acceptors (Lipinski definition) is 3. The lowest BCUT2D eigenvalue weighted by Crippen LogP contribution is -2.00. The average Bonchev–Trinajstić information content (AvgIpc) is 2.37. The Labute approximate surface area is 112 Å². The topological polar surface area (TPSA) is 35.0 Å². The van der Waals surface area contributed by atoms with Gasteiger partial charge in [0.1, 0.15) is 16.7 Å². The summed E-state index contributed by atoms with van der Waals surface area (Å²) in [4.78, 5) is 8.64. The first-order valence-electron chi connectivity index (χ1n) is 5.96. The highest BCUT2D eigenvalue weighted by molar-refractivity contribution is 6.30. The third-order valence-corrected chi connectivity index (χ3v) is 2.89. The van der Waals surface area contributed by atoms with Crippen LogP contribution in [0.3, 0.4) is 0 Å². The molecule has 94 valence electrons. The molecule has 0 amide bonds. The van der Waals surface area contributed by atoms with Gasteiger partial charge in [0.2, 0.25) is 5.88 Å². The molecule has 3 nitrogen and oxygen atoms in total. The van der Waals surface area contributed by atoms with E-state index >= 15 is 0 Å². The van der Waals surface area contributed by atoms with E-state index in [0.29, 0.717) is 11.0 Å². The Bertz CT molecular complexity index is 529. The summed E-state index contributed by atoms with van der Waals surface area (Å²) in [5.74, 6) is 2.00. The molecule has 1 aromatic heterocycles. The van der Waals surface area contributed by atoms with Crippen molar-refractivity contribution in [3.05, 3.63) is 46.9 Å². The zero-order chi connectivity index (χ0) is 13.0. The van der Waals surface area contributed by atoms with Crippen molar-refractivity contribution in [3.63, 3.8) is 0 Å². The summed E-state index contributed by atoms with van der Waals surface area (Å²) in [7, 11) is 0. The zero-order valence-corrected chi connectivity index (χ0v) is 11.2. The van der Waals surface area contributed by atoms with E-state index in [9.17, 15) is 0 Å². The van der Waals surface area contributed by atoms with Gasteiger partial charge in [0, 0.05) is 12.0 Å². The van der Waals surface area contributed by atoms with Gasteiger partial charge in [0.25, 0.3) is 0 Å². The van der Waals surface area contributed by atoms with Crippen molar-refractivity contribution >= 4 is 11.6 Å². The summed E-state index contributed by atoms with van der Waals surface area (Å²) in [6, 6.07) is 9.54. The number of hydrogen-bond donors (Lipinski definition) is 0. The number of benzene rings is 1. The predicted molar refractivity (Wildman–Crippen MR) is 72.3 cm³/mol. The third-order valence-electron chi connectivity index (χ3n) is 2.52. The molecule has 0 spiro atoms. The van der Waals surface area contributed by atoms with Gasteiger partial charge >= 0.3 is 0 Å². The Morgan fingerprint density at radius 2 is 1.89 bits per heavy atom. The molecular formula is C14H15ClN2O. The van der Waals surface area contributed by atoms with Crippen molar-refractivity contribution in [2.45, 2.75) is 26.7 Å². The fourth-order valence-electron chi connectivity index (χ4n) is 1.55. The number of aromatic nitrogens is 2. The lowest BCUT2D eigenvalue weighted by atomic mass is 10.3. The first-order valence-corrected chi connectivity index (χ1v) is 6.34. The highest BCUT2D eigenvalue weighted by Gasteiger charge is 2.10. The Kier molecular flexibility index (Phi) is 4.15. The number of para-hydroxylation sites is 1. The van der Waals surface area contributed by atoms with Crippen molar-refractivity contribution < 1.29 is 4.74 Å². The molecule has 0 aliphatic heterocycles. The second kappa shape index (κ2) is 5.83. The monoisotopic (exact) mass is 262 g/mol. The van der Waals surface area contributed by atoms with Gasteiger partial charge in [0.05, 0.1) is 0 Å². The summed E-state index contributed by atoms with van der Waals surface area (Å²) in [5, 5.41) is 0.458. The number of ether oxygens (including phenoxy) is 1. The Balaban J connectivity index is 2.31. The molecular weight excluding hydrogens is 248 g/mol. The van der Waals surface area contributed by atoms with Crippen molar-refractivity contribution in [1.29, 1.82) is 0 Å². The van der Waals surface area contributed by atoms with Crippen LogP contribution in [0.15, 0.2) is 30.3 Å². The van der Waals surface area contributed by atoms with E-state index in [1.807, 2.05) is 37.3 Å². The van der Waals surface area contributed by atoms with Crippen molar-refractivity contribution in [2.75, 3.05) is 0 Å². The molecule has 2 aromatic rings. The largest absolute Gasteiger partial charge is 0.439 e. The summed E-state index contributed by atoms with van der Waals surface area (Å²) in [5.41, 5.74) is 0.764. The van der Waals surface area contributed by atoms with Crippen molar-refractivity contribution in [1.82, 2.24) is 9.97 Å². The fourth-order valence-corrected chi connectivity index (χ4v) is 1.72. The molecule has 0 aliphatic carbocycles. The summed E-state index contributed by atoms with van der Waals surface area (Å²) >= 11 is 6.09. The van der Waals surface area contributed by atoms with Crippen LogP contribution in [-0.4, -0.2) is 9.97 Å². The Hall–Kier alpha value is -1.61. The molecule has 0 aliphatic rings. The normalized spacial score (nSPS) is 10.4. The number of nitrogens with zero attached hydrogens (tertiary/aromatic N) is 2. The van der Waals surface area contributed by atoms with Crippen LogP contribution in [0.25, 0.3) is 0 Å². The van der Waals surface area contributed by atoms with E-state index in [1.165, 1.54) is 0 Å². The Morgan fingerprint density at radius 3 is 2.56 bits per heavy atom. The SMILES string of the molecule is CCCc1nc(Cl)c(C)c(Oc2ccccc2)n1. The predicted octanol–water partition coefficient (Wildman–Crippen LogP) is 4.18. The van der Waals surface area contributed by atoms with Crippen LogP contribution in [0.4, 0.5) is 0 Å². The van der Waals surface area contributed by atoms with Crippen LogP contribution in [0.1, 0.15) is 24.7 Å². The minimum absolute atomic E-state index is 0.458. The molecule has 0 fully saturated rings. The first kappa shape index (κ1) is 12.8. The minimum atomic E-state index is 0.458. The third kappa shape index (κ3) is 2.99. The lowest BCUT2D eigenvalue weighted by Gasteiger charge is -2.10. The van der Waals surface area contributed by atoms with Gasteiger partial charge in [-0.15, -0.1) is 0 Å². The second-order valence-corrected chi connectivity index (χ2v) is 4.38. The smallest absolute Gasteiger partial charge is 0.226 e. The van der Waals surface area contributed by atoms with Gasteiger partial charge in [-0.1, -0.05) is 36.7 Å². The molecule has 0 atom stereocenters. The molecule has 0 bridgehead atoms. The fraction of sp³-hybridized carbons (Fsp3) is 0.286. The minimum Gasteiger partial charge on any atom is -0.439 e. The molecule has 0 saturated heterocycles. The van der Waals surface area contributed by atoms with Gasteiger partial charge < -0.3 is 4.74 Å². The average molecular weight is 263 g/mol. The number of aryl methyl sites for hydroxylation is 1. The van der Waals surface area contributed by atoms with E-state index in [4.69, 9.17) is 16.3 Å². The summed E-state index contributed by atoms with van der Waals surface area (Å²) in [6.45, 7) is 3.94. The van der Waals surface area contributed by atoms with Gasteiger partial charge in [-0.25, -0.2) is 4.98 Å². The quantitative estimate of drug-likeness (QED) is 0.775. The Morgan fingerprint density at radius 1 is 1.17 bits per heavy atom. The highest BCUT2D eigenvalue weighted by atomic mass is 35.5. The van der Waals surface area contributed by atoms with Crippen molar-refractivity contribution in [3.8, 4) is 11.6 Å². The van der Waals surface area contributed by atoms with Crippen LogP contribution in [-0.2, 0) is 6.42 Å². The van der Waals surface area contributed by atoms with Crippen LogP contribution >= 0.6 is 11.6 Å². The van der Waals surface area contributed by atoms with E-state index in [2.05, 4.69) is 16.9 Å². The van der Waals surface area contributed by atoms with E-state index in [0.717, 1.165) is 30.0 Å². The lowest BCUT2D eigenvalue weighted by molar-refractivity contribution is 0.454. The van der Waals surface area contributed by atoms with E-state index in [1.54, 1.807) is 0 Å². The maximum Gasteiger partial charge on any atom is 0.226 e. The highest BCUT2D eigenvalue weighted by Crippen LogP contribution is 2.26. The van der Waals surface area contributed by atoms with E-state index in [-0.39, 0.29) is 0 Å². The first-order chi connectivity index (χ1) is 8.70. The van der Waals surface area contributed by atoms with Gasteiger partial charge in [-0.05, 0) is 25.5 Å². The molecule has 4 heteroatoms. The maximum absolute atomic E-state index is 6.09. The molecule has 1 aromatic carbocycles. The second-order valence-electron chi connectivity index (χ2n) is 4.03. The molecule has 0 N–H and O–H groups in total. The van der Waals surface area contributed by atoms with Crippen LogP contribution < -0.4 is 4.74 Å². The van der Waals surface area contributed by atoms with Crippen LogP contribution in [0.5, 0.6) is 11.6 Å². The maximum atomic E-state index is 6.09. The molecule has 0 saturated carbocycles. The number of rotatable bonds is 4. The standard InChI is InChI=1S/C14H15ClN2O/c1-3-7-12-16-13(15)10(2)14(17-12)18-11-8-5-4-6-9-11/h4-6,8-9H,3,7H2,1-2H3. The molecule has 0 radical (unpaired) electrons. The molecule has 2 rings (SSSR count). The van der Waals surface area contributed by atoms with Gasteiger partial charge in [-0.3, -0.25) is 0 Å². The molecule has 0 unspecified atom stereocenters. The summed E-state index contributed by atoms with van der Waals surface area (Å²) < 4.78 is 5.74. The summed E-state index contributed by atoms with van der Waals surface area (Å²) in [6.07, 6.45) is 1.77. The van der Waals surface area contributed by atoms with Crippen LogP contribution in [0, 0.1) is 6.92 Å². The van der Waals surface area contributed by atoms with Crippen molar-refractivity contribution in [2.24, 2.45) is 0 Å². The van der Waals surface area contributed by atoms with Crippen LogP contribution in [0.2, 0.25) is 5.15 Å². The van der Waals surface area contributed by atoms with Gasteiger partial charge in [0.15, 0.2) is 0 Å². The number of halogens is 1. The zero-order valence-electron chi connectivity index (χ0n) is 10.5. The molecule has 1 heterocycles. The van der Waals surface area contributed by atoms with Gasteiger partial charge in [-0.2, -0.15) is 4.98 Å².